The first kappa shape index (κ1) is 5.56. The first-order valence-corrected chi connectivity index (χ1v) is 2.42. The highest BCUT2D eigenvalue weighted by Crippen LogP contribution is 2.09. The van der Waals surface area contributed by atoms with E-state index in [-0.39, 0.29) is 5.15 Å². The summed E-state index contributed by atoms with van der Waals surface area (Å²) in [5.41, 5.74) is 0. The van der Waals surface area contributed by atoms with Gasteiger partial charge in [-0.3, -0.25) is 4.68 Å². The van der Waals surface area contributed by atoms with Crippen LogP contribution >= 0.6 is 11.6 Å². The molecule has 0 aliphatic heterocycles. The molecule has 2 nitrogen and oxygen atoms in total. The SMILES string of the molecule is Cn1ncc(F)c1Cl. The molecule has 8 heavy (non-hydrogen) atoms. The summed E-state index contributed by atoms with van der Waals surface area (Å²) in [6.07, 6.45) is 1.07. The lowest BCUT2D eigenvalue weighted by molar-refractivity contribution is 0.625. The molecule has 44 valence electrons. The highest BCUT2D eigenvalue weighted by atomic mass is 35.5. The molecular weight excluding hydrogens is 131 g/mol. The van der Waals surface area contributed by atoms with Crippen LogP contribution in [0.1, 0.15) is 0 Å². The van der Waals surface area contributed by atoms with Gasteiger partial charge in [0.05, 0.1) is 6.20 Å². The van der Waals surface area contributed by atoms with E-state index in [0.717, 1.165) is 6.20 Å². The molecule has 0 spiro atoms. The third kappa shape index (κ3) is 0.690. The Balaban J connectivity index is 3.19. The maximum atomic E-state index is 12.1. The smallest absolute Gasteiger partial charge is 0.180 e. The molecule has 4 heteroatoms. The third-order valence-electron chi connectivity index (χ3n) is 0.825. The van der Waals surface area contributed by atoms with Gasteiger partial charge in [-0.05, 0) is 0 Å². The van der Waals surface area contributed by atoms with Gasteiger partial charge in [0.2, 0.25) is 0 Å². The summed E-state index contributed by atoms with van der Waals surface area (Å²) in [4.78, 5) is 0. The minimum absolute atomic E-state index is 0.0463. The van der Waals surface area contributed by atoms with Gasteiger partial charge in [-0.2, -0.15) is 5.10 Å². The first-order valence-electron chi connectivity index (χ1n) is 2.05. The fourth-order valence-corrected chi connectivity index (χ4v) is 0.488. The van der Waals surface area contributed by atoms with Crippen LogP contribution in [-0.2, 0) is 7.05 Å². The number of hydrogen-bond donors (Lipinski definition) is 0. The van der Waals surface area contributed by atoms with Gasteiger partial charge in [0.1, 0.15) is 0 Å². The number of rotatable bonds is 0. The molecular formula is C4H4ClFN2. The summed E-state index contributed by atoms with van der Waals surface area (Å²) in [6.45, 7) is 0. The van der Waals surface area contributed by atoms with Crippen molar-refractivity contribution in [1.82, 2.24) is 9.78 Å². The van der Waals surface area contributed by atoms with Crippen LogP contribution in [0.25, 0.3) is 0 Å². The van der Waals surface area contributed by atoms with Gasteiger partial charge >= 0.3 is 0 Å². The molecule has 0 N–H and O–H groups in total. The van der Waals surface area contributed by atoms with Gasteiger partial charge in [0.25, 0.3) is 0 Å². The molecule has 1 aromatic heterocycles. The highest BCUT2D eigenvalue weighted by Gasteiger charge is 2.01. The van der Waals surface area contributed by atoms with E-state index in [1.54, 1.807) is 7.05 Å². The molecule has 0 bridgehead atoms. The maximum absolute atomic E-state index is 12.1. The second kappa shape index (κ2) is 1.74. The van der Waals surface area contributed by atoms with E-state index < -0.39 is 5.82 Å². The lowest BCUT2D eigenvalue weighted by Gasteiger charge is -1.85. The van der Waals surface area contributed by atoms with Crippen LogP contribution in [0.3, 0.4) is 0 Å². The monoisotopic (exact) mass is 134 g/mol. The molecule has 0 aromatic carbocycles. The largest absolute Gasteiger partial charge is 0.254 e. The van der Waals surface area contributed by atoms with Crippen LogP contribution < -0.4 is 0 Å². The average Bonchev–Trinajstić information content (AvgIpc) is 1.98. The number of aryl methyl sites for hydroxylation is 1. The molecule has 0 saturated carbocycles. The van der Waals surface area contributed by atoms with Crippen molar-refractivity contribution in [3.8, 4) is 0 Å². The van der Waals surface area contributed by atoms with Crippen molar-refractivity contribution in [3.05, 3.63) is 17.2 Å². The Kier molecular flexibility index (Phi) is 1.21. The van der Waals surface area contributed by atoms with Crippen LogP contribution in [0.5, 0.6) is 0 Å². The maximum Gasteiger partial charge on any atom is 0.180 e. The fourth-order valence-electron chi connectivity index (χ4n) is 0.396. The second-order valence-electron chi connectivity index (χ2n) is 1.41. The first-order chi connectivity index (χ1) is 3.72. The number of halogens is 2. The Labute approximate surface area is 50.9 Å². The topological polar surface area (TPSA) is 17.8 Å². The van der Waals surface area contributed by atoms with E-state index in [0.29, 0.717) is 0 Å². The van der Waals surface area contributed by atoms with E-state index in [9.17, 15) is 4.39 Å². The van der Waals surface area contributed by atoms with E-state index >= 15 is 0 Å². The fraction of sp³-hybridized carbons (Fsp3) is 0.250. The molecule has 0 radical (unpaired) electrons. The predicted molar refractivity (Wildman–Crippen MR) is 28.2 cm³/mol. The summed E-state index contributed by atoms with van der Waals surface area (Å²) in [7, 11) is 1.57. The zero-order valence-corrected chi connectivity index (χ0v) is 4.98. The molecule has 0 fully saturated rings. The van der Waals surface area contributed by atoms with Gasteiger partial charge in [-0.15, -0.1) is 0 Å². The molecule has 1 rings (SSSR count). The number of aromatic nitrogens is 2. The van der Waals surface area contributed by atoms with Crippen molar-refractivity contribution >= 4 is 11.6 Å². The van der Waals surface area contributed by atoms with Gasteiger partial charge in [-0.1, -0.05) is 11.6 Å². The second-order valence-corrected chi connectivity index (χ2v) is 1.76. The van der Waals surface area contributed by atoms with E-state index in [1.807, 2.05) is 0 Å². The zero-order chi connectivity index (χ0) is 6.15. The van der Waals surface area contributed by atoms with Crippen molar-refractivity contribution in [2.24, 2.45) is 7.05 Å². The van der Waals surface area contributed by atoms with Crippen LogP contribution in [-0.4, -0.2) is 9.78 Å². The molecule has 0 unspecified atom stereocenters. The van der Waals surface area contributed by atoms with Crippen LogP contribution in [0.4, 0.5) is 4.39 Å². The lowest BCUT2D eigenvalue weighted by atomic mass is 10.7. The summed E-state index contributed by atoms with van der Waals surface area (Å²) in [5, 5.41) is 3.57. The Bertz CT molecular complexity index is 176. The Morgan fingerprint density at radius 2 is 2.50 bits per heavy atom. The van der Waals surface area contributed by atoms with Gasteiger partial charge in [0.15, 0.2) is 11.0 Å². The summed E-state index contributed by atoms with van der Waals surface area (Å²) in [6, 6.07) is 0. The molecule has 1 heterocycles. The molecule has 1 aromatic rings. The van der Waals surface area contributed by atoms with Crippen molar-refractivity contribution in [2.75, 3.05) is 0 Å². The Morgan fingerprint density at radius 1 is 1.88 bits per heavy atom. The van der Waals surface area contributed by atoms with Crippen molar-refractivity contribution in [2.45, 2.75) is 0 Å². The van der Waals surface area contributed by atoms with Gasteiger partial charge in [-0.25, -0.2) is 4.39 Å². The zero-order valence-electron chi connectivity index (χ0n) is 4.23. The van der Waals surface area contributed by atoms with Crippen molar-refractivity contribution < 1.29 is 4.39 Å². The summed E-state index contributed by atoms with van der Waals surface area (Å²) < 4.78 is 13.4. The summed E-state index contributed by atoms with van der Waals surface area (Å²) in [5.74, 6) is -0.478. The van der Waals surface area contributed by atoms with Crippen molar-refractivity contribution in [1.29, 1.82) is 0 Å². The van der Waals surface area contributed by atoms with Crippen molar-refractivity contribution in [3.63, 3.8) is 0 Å². The third-order valence-corrected chi connectivity index (χ3v) is 1.25. The van der Waals surface area contributed by atoms with E-state index in [1.165, 1.54) is 4.68 Å². The minimum atomic E-state index is -0.478. The van der Waals surface area contributed by atoms with Gasteiger partial charge in [0, 0.05) is 7.05 Å². The number of hydrogen-bond acceptors (Lipinski definition) is 1. The van der Waals surface area contributed by atoms with E-state index in [4.69, 9.17) is 11.6 Å². The van der Waals surface area contributed by atoms with E-state index in [2.05, 4.69) is 5.10 Å². The molecule has 0 atom stereocenters. The quantitative estimate of drug-likeness (QED) is 0.522. The minimum Gasteiger partial charge on any atom is -0.254 e. The Morgan fingerprint density at radius 3 is 2.62 bits per heavy atom. The van der Waals surface area contributed by atoms with Crippen LogP contribution in [0.15, 0.2) is 6.20 Å². The van der Waals surface area contributed by atoms with Crippen LogP contribution in [0.2, 0.25) is 5.15 Å². The standard InChI is InChI=1S/C4H4ClFN2/c1-8-4(5)3(6)2-7-8/h2H,1H3. The normalized spacial score (nSPS) is 9.88. The lowest BCUT2D eigenvalue weighted by Crippen LogP contribution is -1.87. The van der Waals surface area contributed by atoms with Gasteiger partial charge < -0.3 is 0 Å². The summed E-state index contributed by atoms with van der Waals surface area (Å²) >= 11 is 5.32. The average molecular weight is 135 g/mol. The predicted octanol–water partition coefficient (Wildman–Crippen LogP) is 1.21. The Hall–Kier alpha value is -0.570. The molecule has 0 aliphatic carbocycles. The molecule has 0 saturated heterocycles. The van der Waals surface area contributed by atoms with Crippen LogP contribution in [0, 0.1) is 5.82 Å². The highest BCUT2D eigenvalue weighted by molar-refractivity contribution is 6.29. The number of nitrogens with zero attached hydrogens (tertiary/aromatic N) is 2. The molecule has 0 amide bonds. The molecule has 0 aliphatic rings.